The summed E-state index contributed by atoms with van der Waals surface area (Å²) in [5, 5.41) is 11.1. The van der Waals surface area contributed by atoms with Gasteiger partial charge in [-0.15, -0.1) is 0 Å². The minimum Gasteiger partial charge on any atom is -0.488 e. The predicted octanol–water partition coefficient (Wildman–Crippen LogP) is 0.988. The van der Waals surface area contributed by atoms with E-state index in [1.807, 2.05) is 0 Å². The molecule has 0 aliphatic carbocycles. The predicted molar refractivity (Wildman–Crippen MR) is 64.1 cm³/mol. The lowest BCUT2D eigenvalue weighted by Crippen LogP contribution is -2.30. The van der Waals surface area contributed by atoms with Crippen molar-refractivity contribution in [2.24, 2.45) is 5.73 Å². The number of benzene rings is 1. The molecule has 100 valence electrons. The number of aliphatic hydroxyl groups excluding tert-OH is 1. The third-order valence-corrected chi connectivity index (χ3v) is 2.85. The van der Waals surface area contributed by atoms with E-state index in [0.29, 0.717) is 18.7 Å². The van der Waals surface area contributed by atoms with Gasteiger partial charge in [0, 0.05) is 18.7 Å². The second kappa shape index (κ2) is 5.07. The summed E-state index contributed by atoms with van der Waals surface area (Å²) >= 11 is 0. The molecule has 1 heterocycles. The van der Waals surface area contributed by atoms with Crippen LogP contribution in [-0.2, 0) is 6.42 Å². The van der Waals surface area contributed by atoms with E-state index in [4.69, 9.17) is 15.6 Å². The van der Waals surface area contributed by atoms with E-state index in [9.17, 15) is 8.78 Å². The number of hydrogen-bond donors (Lipinski definition) is 3. The smallest absolute Gasteiger partial charge is 0.287 e. The lowest BCUT2D eigenvalue weighted by atomic mass is 10.1. The Morgan fingerprint density at radius 2 is 2.28 bits per heavy atom. The van der Waals surface area contributed by atoms with Crippen molar-refractivity contribution in [3.8, 4) is 5.75 Å². The molecule has 0 spiro atoms. The summed E-state index contributed by atoms with van der Waals surface area (Å²) in [6.07, 6.45) is 0.659. The van der Waals surface area contributed by atoms with Crippen LogP contribution in [0.15, 0.2) is 18.2 Å². The van der Waals surface area contributed by atoms with E-state index in [-0.39, 0.29) is 6.10 Å². The van der Waals surface area contributed by atoms with Crippen molar-refractivity contribution >= 4 is 5.69 Å². The molecule has 1 aromatic rings. The number of hydrogen-bond acceptors (Lipinski definition) is 4. The Balaban J connectivity index is 2.01. The van der Waals surface area contributed by atoms with Gasteiger partial charge in [0.25, 0.3) is 5.92 Å². The molecule has 2 rings (SSSR count). The maximum atomic E-state index is 12.9. The van der Waals surface area contributed by atoms with Gasteiger partial charge in [0.1, 0.15) is 18.5 Å². The monoisotopic (exact) mass is 258 g/mol. The van der Waals surface area contributed by atoms with Crippen LogP contribution < -0.4 is 15.8 Å². The van der Waals surface area contributed by atoms with Crippen molar-refractivity contribution in [3.05, 3.63) is 23.8 Å². The molecule has 1 aromatic carbocycles. The fraction of sp³-hybridized carbons (Fsp3) is 0.500. The average Bonchev–Trinajstić information content (AvgIpc) is 2.78. The average molecular weight is 258 g/mol. The molecule has 4 N–H and O–H groups in total. The normalized spacial score (nSPS) is 18.3. The van der Waals surface area contributed by atoms with Gasteiger partial charge < -0.3 is 20.9 Å². The molecule has 1 aliphatic heterocycles. The lowest BCUT2D eigenvalue weighted by Gasteiger charge is -2.15. The Hall–Kier alpha value is -1.40. The van der Waals surface area contributed by atoms with Crippen molar-refractivity contribution in [1.82, 2.24) is 0 Å². The summed E-state index contributed by atoms with van der Waals surface area (Å²) in [5.41, 5.74) is 7.06. The van der Waals surface area contributed by atoms with Gasteiger partial charge in [0.05, 0.1) is 6.54 Å². The SMILES string of the molecule is NCC1Cc2cc(NCC(F)(F)CO)ccc2O1. The second-order valence-corrected chi connectivity index (χ2v) is 4.37. The zero-order valence-corrected chi connectivity index (χ0v) is 9.83. The van der Waals surface area contributed by atoms with Gasteiger partial charge in [-0.1, -0.05) is 0 Å². The van der Waals surface area contributed by atoms with E-state index in [2.05, 4.69) is 5.32 Å². The Morgan fingerprint density at radius 3 is 2.94 bits per heavy atom. The summed E-state index contributed by atoms with van der Waals surface area (Å²) in [4.78, 5) is 0. The van der Waals surface area contributed by atoms with Gasteiger partial charge in [-0.05, 0) is 23.8 Å². The first-order chi connectivity index (χ1) is 8.54. The van der Waals surface area contributed by atoms with Crippen LogP contribution in [0.25, 0.3) is 0 Å². The van der Waals surface area contributed by atoms with E-state index in [1.54, 1.807) is 18.2 Å². The molecule has 1 aliphatic rings. The number of nitrogens with one attached hydrogen (secondary N) is 1. The van der Waals surface area contributed by atoms with Crippen LogP contribution >= 0.6 is 0 Å². The molecule has 0 amide bonds. The molecule has 0 bridgehead atoms. The van der Waals surface area contributed by atoms with E-state index in [1.165, 1.54) is 0 Å². The van der Waals surface area contributed by atoms with Gasteiger partial charge in [-0.3, -0.25) is 0 Å². The maximum Gasteiger partial charge on any atom is 0.287 e. The van der Waals surface area contributed by atoms with Crippen molar-refractivity contribution in [2.45, 2.75) is 18.4 Å². The Bertz CT molecular complexity index is 427. The highest BCUT2D eigenvalue weighted by atomic mass is 19.3. The highest BCUT2D eigenvalue weighted by molar-refractivity contribution is 5.53. The minimum absolute atomic E-state index is 0.0332. The first-order valence-electron chi connectivity index (χ1n) is 5.76. The zero-order chi connectivity index (χ0) is 13.2. The summed E-state index contributed by atoms with van der Waals surface area (Å²) < 4.78 is 31.3. The van der Waals surface area contributed by atoms with Gasteiger partial charge in [0.15, 0.2) is 0 Å². The fourth-order valence-corrected chi connectivity index (χ4v) is 1.85. The van der Waals surface area contributed by atoms with E-state index >= 15 is 0 Å². The number of nitrogens with two attached hydrogens (primary N) is 1. The van der Waals surface area contributed by atoms with Gasteiger partial charge in [-0.25, -0.2) is 8.78 Å². The van der Waals surface area contributed by atoms with Crippen LogP contribution in [0, 0.1) is 0 Å². The Kier molecular flexibility index (Phi) is 3.68. The minimum atomic E-state index is -3.12. The number of aliphatic hydroxyl groups is 1. The maximum absolute atomic E-state index is 12.9. The Morgan fingerprint density at radius 1 is 1.50 bits per heavy atom. The van der Waals surface area contributed by atoms with E-state index < -0.39 is 19.1 Å². The molecule has 0 radical (unpaired) electrons. The molecule has 0 aromatic heterocycles. The van der Waals surface area contributed by atoms with Crippen molar-refractivity contribution in [1.29, 1.82) is 0 Å². The molecule has 18 heavy (non-hydrogen) atoms. The largest absolute Gasteiger partial charge is 0.488 e. The number of rotatable bonds is 5. The van der Waals surface area contributed by atoms with Crippen LogP contribution in [0.5, 0.6) is 5.75 Å². The van der Waals surface area contributed by atoms with Gasteiger partial charge in [0.2, 0.25) is 0 Å². The van der Waals surface area contributed by atoms with Gasteiger partial charge >= 0.3 is 0 Å². The molecule has 1 unspecified atom stereocenters. The molecular weight excluding hydrogens is 242 g/mol. The van der Waals surface area contributed by atoms with E-state index in [0.717, 1.165) is 11.3 Å². The molecule has 0 fully saturated rings. The molecule has 0 saturated heterocycles. The molecule has 4 nitrogen and oxygen atoms in total. The number of halogens is 2. The molecule has 1 atom stereocenters. The number of anilines is 1. The molecule has 0 saturated carbocycles. The Labute approximate surface area is 104 Å². The van der Waals surface area contributed by atoms with Crippen LogP contribution in [0.4, 0.5) is 14.5 Å². The third kappa shape index (κ3) is 2.88. The second-order valence-electron chi connectivity index (χ2n) is 4.37. The third-order valence-electron chi connectivity index (χ3n) is 2.85. The first-order valence-corrected chi connectivity index (χ1v) is 5.76. The molecule has 6 heteroatoms. The summed E-state index contributed by atoms with van der Waals surface area (Å²) in [6, 6.07) is 5.19. The summed E-state index contributed by atoms with van der Waals surface area (Å²) in [6.45, 7) is -1.33. The fourth-order valence-electron chi connectivity index (χ4n) is 1.85. The van der Waals surface area contributed by atoms with Crippen LogP contribution in [-0.4, -0.2) is 36.8 Å². The zero-order valence-electron chi connectivity index (χ0n) is 9.83. The topological polar surface area (TPSA) is 67.5 Å². The standard InChI is InChI=1S/C12H16F2N2O2/c13-12(14,7-17)6-16-9-1-2-11-8(3-9)4-10(5-15)18-11/h1-3,10,16-17H,4-7,15H2. The lowest BCUT2D eigenvalue weighted by molar-refractivity contribution is -0.0372. The van der Waals surface area contributed by atoms with Crippen molar-refractivity contribution < 1.29 is 18.6 Å². The van der Waals surface area contributed by atoms with Crippen molar-refractivity contribution in [2.75, 3.05) is 25.0 Å². The quantitative estimate of drug-likeness (QED) is 0.736. The molecular formula is C12H16F2N2O2. The number of ether oxygens (including phenoxy) is 1. The number of fused-ring (bicyclic) bond motifs is 1. The van der Waals surface area contributed by atoms with Crippen molar-refractivity contribution in [3.63, 3.8) is 0 Å². The summed E-state index contributed by atoms with van der Waals surface area (Å²) in [5.74, 6) is -2.36. The number of alkyl halides is 2. The highest BCUT2D eigenvalue weighted by Crippen LogP contribution is 2.31. The van der Waals surface area contributed by atoms with Gasteiger partial charge in [-0.2, -0.15) is 0 Å². The highest BCUT2D eigenvalue weighted by Gasteiger charge is 2.27. The van der Waals surface area contributed by atoms with Crippen LogP contribution in [0.2, 0.25) is 0 Å². The van der Waals surface area contributed by atoms with Crippen LogP contribution in [0.1, 0.15) is 5.56 Å². The van der Waals surface area contributed by atoms with Crippen LogP contribution in [0.3, 0.4) is 0 Å². The first kappa shape index (κ1) is 13.0. The summed E-state index contributed by atoms with van der Waals surface area (Å²) in [7, 11) is 0.